The van der Waals surface area contributed by atoms with Gasteiger partial charge in [-0.1, -0.05) is 11.6 Å². The van der Waals surface area contributed by atoms with E-state index in [9.17, 15) is 8.42 Å². The fraction of sp³-hybridized carbons (Fsp3) is 0.250. The minimum Gasteiger partial charge on any atom is -0.494 e. The Morgan fingerprint density at radius 3 is 2.76 bits per heavy atom. The van der Waals surface area contributed by atoms with Gasteiger partial charge in [-0.2, -0.15) is 0 Å². The van der Waals surface area contributed by atoms with E-state index in [0.717, 1.165) is 16.8 Å². The molecule has 0 atom stereocenters. The first kappa shape index (κ1) is 15.9. The molecule has 0 aliphatic carbocycles. The maximum Gasteiger partial charge on any atom is 0.229 e. The standard InChI is InChI=1S/C12H14ClN3O3S2/c1-19-11-5-8(3-4-10(11)16-21(2,17)18)14-6-9-7-15-12(13)20-9/h3-5,7,14,16H,6H2,1-2H3. The van der Waals surface area contributed by atoms with E-state index < -0.39 is 10.0 Å². The van der Waals surface area contributed by atoms with Crippen LogP contribution in [0.1, 0.15) is 4.88 Å². The Balaban J connectivity index is 2.11. The molecule has 2 aromatic rings. The lowest BCUT2D eigenvalue weighted by Crippen LogP contribution is -2.10. The van der Waals surface area contributed by atoms with E-state index in [0.29, 0.717) is 22.4 Å². The molecule has 21 heavy (non-hydrogen) atoms. The zero-order valence-electron chi connectivity index (χ0n) is 11.4. The van der Waals surface area contributed by atoms with Crippen LogP contribution in [0.15, 0.2) is 24.4 Å². The summed E-state index contributed by atoms with van der Waals surface area (Å²) in [6.07, 6.45) is 2.79. The van der Waals surface area contributed by atoms with Crippen LogP contribution in [0.4, 0.5) is 11.4 Å². The van der Waals surface area contributed by atoms with Crippen LogP contribution in [-0.4, -0.2) is 26.8 Å². The Bertz CT molecular complexity index is 731. The molecule has 0 fully saturated rings. The summed E-state index contributed by atoms with van der Waals surface area (Å²) in [4.78, 5) is 4.96. The topological polar surface area (TPSA) is 80.3 Å². The third-order valence-electron chi connectivity index (χ3n) is 2.49. The maximum absolute atomic E-state index is 11.3. The summed E-state index contributed by atoms with van der Waals surface area (Å²) in [6.45, 7) is 0.576. The minimum atomic E-state index is -3.35. The lowest BCUT2D eigenvalue weighted by Gasteiger charge is -2.12. The first-order valence-corrected chi connectivity index (χ1v) is 8.96. The third kappa shape index (κ3) is 4.76. The highest BCUT2D eigenvalue weighted by Gasteiger charge is 2.09. The number of anilines is 2. The molecule has 9 heteroatoms. The molecule has 114 valence electrons. The molecule has 1 aromatic carbocycles. The van der Waals surface area contributed by atoms with Crippen LogP contribution in [0.2, 0.25) is 4.47 Å². The van der Waals surface area contributed by atoms with Gasteiger partial charge in [-0.3, -0.25) is 4.72 Å². The van der Waals surface area contributed by atoms with Crippen LogP contribution >= 0.6 is 22.9 Å². The van der Waals surface area contributed by atoms with Gasteiger partial charge < -0.3 is 10.1 Å². The lowest BCUT2D eigenvalue weighted by atomic mass is 10.2. The zero-order chi connectivity index (χ0) is 15.5. The number of ether oxygens (including phenoxy) is 1. The Labute approximate surface area is 132 Å². The van der Waals surface area contributed by atoms with E-state index >= 15 is 0 Å². The molecule has 2 rings (SSSR count). The second-order valence-corrected chi connectivity index (χ2v) is 7.67. The molecular weight excluding hydrogens is 334 g/mol. The van der Waals surface area contributed by atoms with Crippen LogP contribution in [-0.2, 0) is 16.6 Å². The van der Waals surface area contributed by atoms with Gasteiger partial charge in [0.2, 0.25) is 10.0 Å². The maximum atomic E-state index is 11.3. The van der Waals surface area contributed by atoms with Crippen molar-refractivity contribution in [2.45, 2.75) is 6.54 Å². The summed E-state index contributed by atoms with van der Waals surface area (Å²) in [5, 5.41) is 3.19. The van der Waals surface area contributed by atoms with Gasteiger partial charge in [0.15, 0.2) is 4.47 Å². The number of rotatable bonds is 6. The monoisotopic (exact) mass is 347 g/mol. The van der Waals surface area contributed by atoms with Crippen LogP contribution in [0.3, 0.4) is 0 Å². The van der Waals surface area contributed by atoms with Gasteiger partial charge in [-0.15, -0.1) is 11.3 Å². The van der Waals surface area contributed by atoms with Crippen molar-refractivity contribution in [1.82, 2.24) is 4.98 Å². The second kappa shape index (κ2) is 6.50. The fourth-order valence-electron chi connectivity index (χ4n) is 1.64. The lowest BCUT2D eigenvalue weighted by molar-refractivity contribution is 0.417. The molecule has 1 aromatic heterocycles. The summed E-state index contributed by atoms with van der Waals surface area (Å²) in [5.41, 5.74) is 1.20. The first-order chi connectivity index (χ1) is 9.87. The van der Waals surface area contributed by atoms with Crippen molar-refractivity contribution in [3.8, 4) is 5.75 Å². The van der Waals surface area contributed by atoms with Crippen molar-refractivity contribution in [3.05, 3.63) is 33.7 Å². The van der Waals surface area contributed by atoms with Gasteiger partial charge in [0.05, 0.1) is 25.6 Å². The summed E-state index contributed by atoms with van der Waals surface area (Å²) in [5.74, 6) is 0.438. The van der Waals surface area contributed by atoms with Crippen LogP contribution in [0.5, 0.6) is 5.75 Å². The number of thiazole rings is 1. The number of nitrogens with zero attached hydrogens (tertiary/aromatic N) is 1. The molecule has 2 N–H and O–H groups in total. The summed E-state index contributed by atoms with van der Waals surface area (Å²) in [7, 11) is -1.87. The Hall–Kier alpha value is -1.51. The summed E-state index contributed by atoms with van der Waals surface area (Å²) < 4.78 is 30.6. The molecule has 0 spiro atoms. The summed E-state index contributed by atoms with van der Waals surface area (Å²) in [6, 6.07) is 5.12. The molecule has 1 heterocycles. The largest absolute Gasteiger partial charge is 0.494 e. The number of benzene rings is 1. The van der Waals surface area contributed by atoms with E-state index in [-0.39, 0.29) is 0 Å². The molecule has 0 aliphatic heterocycles. The first-order valence-electron chi connectivity index (χ1n) is 5.87. The van der Waals surface area contributed by atoms with Crippen molar-refractivity contribution in [1.29, 1.82) is 0 Å². The predicted molar refractivity (Wildman–Crippen MR) is 85.9 cm³/mol. The molecule has 0 bridgehead atoms. The van der Waals surface area contributed by atoms with Gasteiger partial charge in [0, 0.05) is 22.8 Å². The number of methoxy groups -OCH3 is 1. The number of aromatic nitrogens is 1. The number of hydrogen-bond donors (Lipinski definition) is 2. The van der Waals surface area contributed by atoms with Crippen molar-refractivity contribution in [2.24, 2.45) is 0 Å². The highest BCUT2D eigenvalue weighted by atomic mass is 35.5. The predicted octanol–water partition coefficient (Wildman–Crippen LogP) is 2.79. The highest BCUT2D eigenvalue weighted by Crippen LogP contribution is 2.29. The molecule has 0 radical (unpaired) electrons. The number of nitrogens with one attached hydrogen (secondary N) is 2. The fourth-order valence-corrected chi connectivity index (χ4v) is 3.13. The molecule has 6 nitrogen and oxygen atoms in total. The smallest absolute Gasteiger partial charge is 0.229 e. The minimum absolute atomic E-state index is 0.395. The average molecular weight is 348 g/mol. The van der Waals surface area contributed by atoms with Crippen molar-refractivity contribution in [2.75, 3.05) is 23.4 Å². The van der Waals surface area contributed by atoms with Crippen molar-refractivity contribution < 1.29 is 13.2 Å². The van der Waals surface area contributed by atoms with E-state index in [1.807, 2.05) is 0 Å². The SMILES string of the molecule is COc1cc(NCc2cnc(Cl)s2)ccc1NS(C)(=O)=O. The molecule has 0 aliphatic rings. The average Bonchev–Trinajstić information content (AvgIpc) is 2.81. The van der Waals surface area contributed by atoms with Crippen LogP contribution in [0.25, 0.3) is 0 Å². The van der Waals surface area contributed by atoms with E-state index in [1.165, 1.54) is 18.4 Å². The Morgan fingerprint density at radius 2 is 2.19 bits per heavy atom. The van der Waals surface area contributed by atoms with E-state index in [1.54, 1.807) is 24.4 Å². The Kier molecular flexibility index (Phi) is 4.92. The van der Waals surface area contributed by atoms with Gasteiger partial charge in [0.1, 0.15) is 5.75 Å². The molecule has 0 unspecified atom stereocenters. The van der Waals surface area contributed by atoms with Gasteiger partial charge in [0.25, 0.3) is 0 Å². The molecule has 0 saturated heterocycles. The molecule has 0 saturated carbocycles. The summed E-state index contributed by atoms with van der Waals surface area (Å²) >= 11 is 7.16. The van der Waals surface area contributed by atoms with E-state index in [2.05, 4.69) is 15.0 Å². The second-order valence-electron chi connectivity index (χ2n) is 4.22. The number of hydrogen-bond acceptors (Lipinski definition) is 6. The quantitative estimate of drug-likeness (QED) is 0.839. The van der Waals surface area contributed by atoms with Gasteiger partial charge in [-0.25, -0.2) is 13.4 Å². The molecular formula is C12H14ClN3O3S2. The van der Waals surface area contributed by atoms with Crippen LogP contribution in [0, 0.1) is 0 Å². The van der Waals surface area contributed by atoms with Crippen LogP contribution < -0.4 is 14.8 Å². The molecule has 0 amide bonds. The van der Waals surface area contributed by atoms with E-state index in [4.69, 9.17) is 16.3 Å². The highest BCUT2D eigenvalue weighted by molar-refractivity contribution is 7.92. The third-order valence-corrected chi connectivity index (χ3v) is 4.19. The van der Waals surface area contributed by atoms with Gasteiger partial charge >= 0.3 is 0 Å². The zero-order valence-corrected chi connectivity index (χ0v) is 13.8. The van der Waals surface area contributed by atoms with Crippen molar-refractivity contribution in [3.63, 3.8) is 0 Å². The normalized spacial score (nSPS) is 11.2. The van der Waals surface area contributed by atoms with Gasteiger partial charge in [-0.05, 0) is 12.1 Å². The van der Waals surface area contributed by atoms with Crippen molar-refractivity contribution >= 4 is 44.3 Å². The number of sulfonamides is 1. The number of halogens is 1. The Morgan fingerprint density at radius 1 is 1.43 bits per heavy atom.